The monoisotopic (exact) mass is 355 g/mol. The molecular weight excluding hydrogens is 334 g/mol. The van der Waals surface area contributed by atoms with Gasteiger partial charge in [0.25, 0.3) is 5.91 Å². The molecule has 0 unspecified atom stereocenters. The molecule has 2 aromatic carbocycles. The number of carbonyl (C=O) groups excluding carboxylic acids is 2. The Morgan fingerprint density at radius 2 is 1.88 bits per heavy atom. The van der Waals surface area contributed by atoms with Crippen LogP contribution in [0.5, 0.6) is 11.5 Å². The van der Waals surface area contributed by atoms with Gasteiger partial charge in [0.1, 0.15) is 0 Å². The summed E-state index contributed by atoms with van der Waals surface area (Å²) in [5.74, 6) is -0.667. The van der Waals surface area contributed by atoms with E-state index in [1.54, 1.807) is 42.5 Å². The van der Waals surface area contributed by atoms with Gasteiger partial charge in [0, 0.05) is 7.05 Å². The number of nitrogens with one attached hydrogen (secondary N) is 1. The Morgan fingerprint density at radius 1 is 1.15 bits per heavy atom. The summed E-state index contributed by atoms with van der Waals surface area (Å²) < 4.78 is 10.5. The lowest BCUT2D eigenvalue weighted by atomic mass is 10.0. The van der Waals surface area contributed by atoms with E-state index < -0.39 is 11.9 Å². The fourth-order valence-corrected chi connectivity index (χ4v) is 2.22. The lowest BCUT2D eigenvalue weighted by molar-refractivity contribution is -0.142. The number of benzene rings is 2. The number of amides is 1. The van der Waals surface area contributed by atoms with E-state index in [0.29, 0.717) is 29.1 Å². The average Bonchev–Trinajstić information content (AvgIpc) is 2.67. The number of carbonyl (C=O) groups is 2. The molecule has 0 aliphatic heterocycles. The van der Waals surface area contributed by atoms with Crippen LogP contribution >= 0.6 is 0 Å². The van der Waals surface area contributed by atoms with Crippen LogP contribution in [0.25, 0.3) is 11.6 Å². The van der Waals surface area contributed by atoms with Gasteiger partial charge in [-0.25, -0.2) is 4.79 Å². The molecule has 2 aromatic rings. The maximum atomic E-state index is 12.5. The molecule has 0 aliphatic rings. The van der Waals surface area contributed by atoms with Crippen molar-refractivity contribution in [2.75, 3.05) is 20.3 Å². The lowest BCUT2D eigenvalue weighted by Gasteiger charge is -2.10. The van der Waals surface area contributed by atoms with Gasteiger partial charge in [-0.05, 0) is 36.3 Å². The Bertz CT molecular complexity index is 799. The van der Waals surface area contributed by atoms with Crippen LogP contribution in [0, 0.1) is 0 Å². The first-order valence-corrected chi connectivity index (χ1v) is 8.15. The summed E-state index contributed by atoms with van der Waals surface area (Å²) in [4.78, 5) is 23.8. The lowest BCUT2D eigenvalue weighted by Crippen LogP contribution is -2.25. The molecule has 2 rings (SSSR count). The van der Waals surface area contributed by atoms with Crippen LogP contribution in [-0.4, -0.2) is 37.2 Å². The number of phenols is 1. The maximum absolute atomic E-state index is 12.5. The number of ether oxygens (including phenoxy) is 2. The Hall–Kier alpha value is -3.28. The van der Waals surface area contributed by atoms with Crippen LogP contribution in [0.3, 0.4) is 0 Å². The second-order valence-corrected chi connectivity index (χ2v) is 5.33. The molecule has 0 bridgehead atoms. The van der Waals surface area contributed by atoms with Crippen LogP contribution in [-0.2, 0) is 14.3 Å². The normalized spacial score (nSPS) is 10.9. The second-order valence-electron chi connectivity index (χ2n) is 5.33. The highest BCUT2D eigenvalue weighted by molar-refractivity contribution is 6.21. The van der Waals surface area contributed by atoms with Gasteiger partial charge in [-0.3, -0.25) is 4.79 Å². The standard InChI is InChI=1S/C20H21NO5/c1-3-25-18-12-14(9-10-17(18)22)11-16(15-7-5-4-6-8-15)20(24)26-13-19(23)21-2/h4-12,22H,3,13H2,1-2H3,(H,21,23)/b16-11+. The summed E-state index contributed by atoms with van der Waals surface area (Å²) in [6.07, 6.45) is 1.63. The highest BCUT2D eigenvalue weighted by atomic mass is 16.5. The van der Waals surface area contributed by atoms with Gasteiger partial charge in [-0.15, -0.1) is 0 Å². The van der Waals surface area contributed by atoms with Crippen molar-refractivity contribution >= 4 is 23.5 Å². The summed E-state index contributed by atoms with van der Waals surface area (Å²) in [7, 11) is 1.47. The van der Waals surface area contributed by atoms with E-state index in [9.17, 15) is 14.7 Å². The van der Waals surface area contributed by atoms with Gasteiger partial charge in [0.15, 0.2) is 18.1 Å². The predicted molar refractivity (Wildman–Crippen MR) is 98.6 cm³/mol. The van der Waals surface area contributed by atoms with Crippen molar-refractivity contribution in [1.82, 2.24) is 5.32 Å². The average molecular weight is 355 g/mol. The summed E-state index contributed by atoms with van der Waals surface area (Å²) in [6.45, 7) is 1.85. The molecule has 0 radical (unpaired) electrons. The number of aromatic hydroxyl groups is 1. The highest BCUT2D eigenvalue weighted by Crippen LogP contribution is 2.29. The molecule has 6 nitrogen and oxygen atoms in total. The Morgan fingerprint density at radius 3 is 2.54 bits per heavy atom. The SMILES string of the molecule is CCOc1cc(/C=C(/C(=O)OCC(=O)NC)c2ccccc2)ccc1O. The molecule has 6 heteroatoms. The van der Waals surface area contributed by atoms with Crippen LogP contribution in [0.15, 0.2) is 48.5 Å². The maximum Gasteiger partial charge on any atom is 0.339 e. The van der Waals surface area contributed by atoms with E-state index in [1.807, 2.05) is 13.0 Å². The summed E-state index contributed by atoms with van der Waals surface area (Å²) in [5, 5.41) is 12.2. The molecule has 2 N–H and O–H groups in total. The second kappa shape index (κ2) is 9.27. The fraction of sp³-hybridized carbons (Fsp3) is 0.200. The molecule has 1 amide bonds. The van der Waals surface area contributed by atoms with Gasteiger partial charge in [-0.1, -0.05) is 36.4 Å². The van der Waals surface area contributed by atoms with E-state index >= 15 is 0 Å². The Labute approximate surface area is 152 Å². The first-order valence-electron chi connectivity index (χ1n) is 8.15. The largest absolute Gasteiger partial charge is 0.504 e. The Kier molecular flexibility index (Phi) is 6.79. The number of likely N-dealkylation sites (N-methyl/N-ethyl adjacent to an activating group) is 1. The molecule has 0 heterocycles. The third kappa shape index (κ3) is 5.11. The van der Waals surface area contributed by atoms with Gasteiger partial charge >= 0.3 is 5.97 Å². The number of hydrogen-bond acceptors (Lipinski definition) is 5. The minimum absolute atomic E-state index is 0.0208. The van der Waals surface area contributed by atoms with E-state index in [0.717, 1.165) is 0 Å². The van der Waals surface area contributed by atoms with Crippen molar-refractivity contribution in [2.24, 2.45) is 0 Å². The molecule has 0 fully saturated rings. The van der Waals surface area contributed by atoms with E-state index in [2.05, 4.69) is 5.32 Å². The fourth-order valence-electron chi connectivity index (χ4n) is 2.22. The molecule has 136 valence electrons. The van der Waals surface area contributed by atoms with Crippen LogP contribution in [0.1, 0.15) is 18.1 Å². The van der Waals surface area contributed by atoms with Crippen molar-refractivity contribution in [3.05, 3.63) is 59.7 Å². The number of phenolic OH excluding ortho intramolecular Hbond substituents is 1. The zero-order chi connectivity index (χ0) is 18.9. The number of rotatable bonds is 7. The summed E-state index contributed by atoms with van der Waals surface area (Å²) >= 11 is 0. The third-order valence-corrected chi connectivity index (χ3v) is 3.51. The molecule has 0 atom stereocenters. The van der Waals surface area contributed by atoms with Crippen LogP contribution in [0.4, 0.5) is 0 Å². The first-order chi connectivity index (χ1) is 12.5. The van der Waals surface area contributed by atoms with Gasteiger partial charge in [0.2, 0.25) is 0 Å². The van der Waals surface area contributed by atoms with Crippen LogP contribution in [0.2, 0.25) is 0 Å². The number of esters is 1. The summed E-state index contributed by atoms with van der Waals surface area (Å²) in [6, 6.07) is 13.8. The zero-order valence-corrected chi connectivity index (χ0v) is 14.7. The van der Waals surface area contributed by atoms with Crippen molar-refractivity contribution < 1.29 is 24.2 Å². The van der Waals surface area contributed by atoms with Gasteiger partial charge in [0.05, 0.1) is 12.2 Å². The molecule has 0 spiro atoms. The third-order valence-electron chi connectivity index (χ3n) is 3.51. The van der Waals surface area contributed by atoms with E-state index in [1.165, 1.54) is 13.1 Å². The molecular formula is C20H21NO5. The topological polar surface area (TPSA) is 84.9 Å². The van der Waals surface area contributed by atoms with Crippen molar-refractivity contribution in [3.63, 3.8) is 0 Å². The zero-order valence-electron chi connectivity index (χ0n) is 14.7. The molecule has 26 heavy (non-hydrogen) atoms. The van der Waals surface area contributed by atoms with E-state index in [4.69, 9.17) is 9.47 Å². The number of hydrogen-bond donors (Lipinski definition) is 2. The predicted octanol–water partition coefficient (Wildman–Crippen LogP) is 2.62. The van der Waals surface area contributed by atoms with Gasteiger partial charge in [-0.2, -0.15) is 0 Å². The molecule has 0 aliphatic carbocycles. The molecule has 0 saturated heterocycles. The van der Waals surface area contributed by atoms with Crippen molar-refractivity contribution in [3.8, 4) is 11.5 Å². The molecule has 0 aromatic heterocycles. The minimum Gasteiger partial charge on any atom is -0.504 e. The van der Waals surface area contributed by atoms with Gasteiger partial charge < -0.3 is 19.9 Å². The summed E-state index contributed by atoms with van der Waals surface area (Å²) in [5.41, 5.74) is 1.60. The minimum atomic E-state index is -0.620. The smallest absolute Gasteiger partial charge is 0.339 e. The highest BCUT2D eigenvalue weighted by Gasteiger charge is 2.15. The van der Waals surface area contributed by atoms with Crippen molar-refractivity contribution in [1.29, 1.82) is 0 Å². The Balaban J connectivity index is 2.37. The van der Waals surface area contributed by atoms with Crippen LogP contribution < -0.4 is 10.1 Å². The van der Waals surface area contributed by atoms with E-state index in [-0.39, 0.29) is 12.4 Å². The van der Waals surface area contributed by atoms with Crippen molar-refractivity contribution in [2.45, 2.75) is 6.92 Å². The first kappa shape index (κ1) is 19.1. The molecule has 0 saturated carbocycles. The quantitative estimate of drug-likeness (QED) is 0.453.